The molecule has 6 atom stereocenters. The highest BCUT2D eigenvalue weighted by molar-refractivity contribution is 5.60. The van der Waals surface area contributed by atoms with Crippen LogP contribution in [0.5, 0.6) is 0 Å². The molecule has 30 heavy (non-hydrogen) atoms. The van der Waals surface area contributed by atoms with Crippen molar-refractivity contribution in [2.75, 3.05) is 39.6 Å². The average Bonchev–Trinajstić information content (AvgIpc) is 3.51. The van der Waals surface area contributed by atoms with Crippen LogP contribution in [-0.4, -0.2) is 64.2 Å². The molecule has 0 heterocycles. The second-order valence-electron chi connectivity index (χ2n) is 8.29. The summed E-state index contributed by atoms with van der Waals surface area (Å²) in [6, 6.07) is 0. The Morgan fingerprint density at radius 3 is 1.40 bits per heavy atom. The van der Waals surface area contributed by atoms with Gasteiger partial charge < -0.3 is 28.4 Å². The molecular formula is C22H30O8. The molecule has 0 aromatic rings. The lowest BCUT2D eigenvalue weighted by Crippen LogP contribution is -2.24. The maximum absolute atomic E-state index is 11.7. The molecule has 0 aromatic heterocycles. The Kier molecular flexibility index (Phi) is 7.28. The van der Waals surface area contributed by atoms with Crippen LogP contribution in [0.15, 0.2) is 24.3 Å². The summed E-state index contributed by atoms with van der Waals surface area (Å²) in [4.78, 5) is 23.4. The minimum atomic E-state index is -0.633. The zero-order chi connectivity index (χ0) is 20.8. The highest BCUT2D eigenvalue weighted by Gasteiger charge is 2.39. The Morgan fingerprint density at radius 2 is 1.03 bits per heavy atom. The van der Waals surface area contributed by atoms with Crippen LogP contribution in [0.1, 0.15) is 25.7 Å². The first-order valence-electron chi connectivity index (χ1n) is 10.9. The van der Waals surface area contributed by atoms with E-state index < -0.39 is 12.3 Å². The van der Waals surface area contributed by atoms with E-state index in [0.717, 1.165) is 25.7 Å². The standard InChI is InChI=1S/C22H30O8/c23-21(29-19-13-15-1-3-17(19)11-15)27-9-7-25-5-6-26-8-10-28-22(24)30-20-14-16-2-4-18(20)12-16/h1-4,15-20H,5-14H2. The van der Waals surface area contributed by atoms with Gasteiger partial charge in [-0.3, -0.25) is 0 Å². The van der Waals surface area contributed by atoms with E-state index in [0.29, 0.717) is 36.9 Å². The molecule has 8 nitrogen and oxygen atoms in total. The highest BCUT2D eigenvalue weighted by Crippen LogP contribution is 2.41. The molecular weight excluding hydrogens is 392 g/mol. The Labute approximate surface area is 176 Å². The Bertz CT molecular complexity index is 604. The number of allylic oxidation sites excluding steroid dienone is 2. The molecule has 6 unspecified atom stereocenters. The zero-order valence-corrected chi connectivity index (χ0v) is 17.1. The molecule has 8 heteroatoms. The van der Waals surface area contributed by atoms with Gasteiger partial charge in [0, 0.05) is 11.8 Å². The molecule has 0 radical (unpaired) electrons. The van der Waals surface area contributed by atoms with Gasteiger partial charge >= 0.3 is 12.3 Å². The van der Waals surface area contributed by atoms with Gasteiger partial charge in [0.25, 0.3) is 0 Å². The average molecular weight is 422 g/mol. The molecule has 4 bridgehead atoms. The smallest absolute Gasteiger partial charge is 0.432 e. The first kappa shape index (κ1) is 21.2. The normalized spacial score (nSPS) is 32.5. The Balaban J connectivity index is 0.920. The van der Waals surface area contributed by atoms with Gasteiger partial charge in [-0.25, -0.2) is 9.59 Å². The van der Waals surface area contributed by atoms with E-state index in [2.05, 4.69) is 24.3 Å². The van der Waals surface area contributed by atoms with Crippen molar-refractivity contribution >= 4 is 12.3 Å². The molecule has 0 N–H and O–H groups in total. The molecule has 2 fully saturated rings. The number of hydrogen-bond donors (Lipinski definition) is 0. The van der Waals surface area contributed by atoms with E-state index >= 15 is 0 Å². The van der Waals surface area contributed by atoms with Crippen molar-refractivity contribution < 1.29 is 38.0 Å². The third kappa shape index (κ3) is 5.76. The minimum Gasteiger partial charge on any atom is -0.432 e. The molecule has 4 aliphatic rings. The van der Waals surface area contributed by atoms with Crippen molar-refractivity contribution in [1.29, 1.82) is 0 Å². The number of fused-ring (bicyclic) bond motifs is 4. The second kappa shape index (κ2) is 10.3. The van der Waals surface area contributed by atoms with Gasteiger partial charge in [-0.2, -0.15) is 0 Å². The van der Waals surface area contributed by atoms with E-state index in [1.54, 1.807) is 0 Å². The van der Waals surface area contributed by atoms with Gasteiger partial charge in [0.2, 0.25) is 0 Å². The number of hydrogen-bond acceptors (Lipinski definition) is 8. The van der Waals surface area contributed by atoms with Gasteiger partial charge in [0.1, 0.15) is 25.4 Å². The first-order chi connectivity index (χ1) is 14.7. The summed E-state index contributed by atoms with van der Waals surface area (Å²) in [7, 11) is 0. The SMILES string of the molecule is O=C(OCCOCCOCCOC(=O)OC1CC2C=CC1C2)OC1CC2C=CC1C2. The summed E-state index contributed by atoms with van der Waals surface area (Å²) in [5.74, 6) is 1.78. The zero-order valence-electron chi connectivity index (χ0n) is 17.1. The van der Waals surface area contributed by atoms with Crippen LogP contribution in [0, 0.1) is 23.7 Å². The summed E-state index contributed by atoms with van der Waals surface area (Å²) in [6.45, 7) is 1.55. The fraction of sp³-hybridized carbons (Fsp3) is 0.727. The quantitative estimate of drug-likeness (QED) is 0.285. The summed E-state index contributed by atoms with van der Waals surface area (Å²) in [5.41, 5.74) is 0. The molecule has 4 aliphatic carbocycles. The van der Waals surface area contributed by atoms with Gasteiger partial charge in [-0.05, 0) is 37.5 Å². The third-order valence-corrected chi connectivity index (χ3v) is 6.20. The lowest BCUT2D eigenvalue weighted by atomic mass is 10.1. The number of ether oxygens (including phenoxy) is 6. The van der Waals surface area contributed by atoms with Crippen LogP contribution >= 0.6 is 0 Å². The van der Waals surface area contributed by atoms with Crippen LogP contribution in [0.2, 0.25) is 0 Å². The first-order valence-corrected chi connectivity index (χ1v) is 10.9. The highest BCUT2D eigenvalue weighted by atomic mass is 16.7. The molecule has 166 valence electrons. The van der Waals surface area contributed by atoms with E-state index in [-0.39, 0.29) is 38.6 Å². The van der Waals surface area contributed by atoms with Crippen LogP contribution < -0.4 is 0 Å². The topological polar surface area (TPSA) is 89.5 Å². The second-order valence-corrected chi connectivity index (χ2v) is 8.29. The largest absolute Gasteiger partial charge is 0.508 e. The molecule has 0 aromatic carbocycles. The lowest BCUT2D eigenvalue weighted by Gasteiger charge is -2.18. The fourth-order valence-corrected chi connectivity index (χ4v) is 4.74. The number of carbonyl (C=O) groups excluding carboxylic acids is 2. The summed E-state index contributed by atoms with van der Waals surface area (Å²) < 4.78 is 31.4. The van der Waals surface area contributed by atoms with Crippen molar-refractivity contribution in [2.24, 2.45) is 23.7 Å². The summed E-state index contributed by atoms with van der Waals surface area (Å²) in [6.07, 6.45) is 11.2. The molecule has 0 aliphatic heterocycles. The van der Waals surface area contributed by atoms with Crippen LogP contribution in [0.4, 0.5) is 9.59 Å². The number of rotatable bonds is 11. The van der Waals surface area contributed by atoms with E-state index in [1.807, 2.05) is 0 Å². The summed E-state index contributed by atoms with van der Waals surface area (Å²) in [5, 5.41) is 0. The van der Waals surface area contributed by atoms with Crippen LogP contribution in [0.3, 0.4) is 0 Å². The molecule has 4 rings (SSSR count). The van der Waals surface area contributed by atoms with Crippen molar-refractivity contribution in [3.63, 3.8) is 0 Å². The molecule has 0 saturated heterocycles. The van der Waals surface area contributed by atoms with Gasteiger partial charge in [0.05, 0.1) is 26.4 Å². The predicted molar refractivity (Wildman–Crippen MR) is 105 cm³/mol. The maximum atomic E-state index is 11.7. The fourth-order valence-electron chi connectivity index (χ4n) is 4.74. The van der Waals surface area contributed by atoms with E-state index in [9.17, 15) is 9.59 Å². The summed E-state index contributed by atoms with van der Waals surface area (Å²) >= 11 is 0. The van der Waals surface area contributed by atoms with Crippen molar-refractivity contribution in [3.05, 3.63) is 24.3 Å². The minimum absolute atomic E-state index is 0.0496. The lowest BCUT2D eigenvalue weighted by molar-refractivity contribution is -0.0198. The van der Waals surface area contributed by atoms with Gasteiger partial charge in [-0.15, -0.1) is 0 Å². The monoisotopic (exact) mass is 422 g/mol. The van der Waals surface area contributed by atoms with E-state index in [1.165, 1.54) is 0 Å². The van der Waals surface area contributed by atoms with Crippen molar-refractivity contribution in [2.45, 2.75) is 37.9 Å². The van der Waals surface area contributed by atoms with E-state index in [4.69, 9.17) is 28.4 Å². The number of carbonyl (C=O) groups is 2. The van der Waals surface area contributed by atoms with Gasteiger partial charge in [-0.1, -0.05) is 24.3 Å². The van der Waals surface area contributed by atoms with Crippen molar-refractivity contribution in [1.82, 2.24) is 0 Å². The van der Waals surface area contributed by atoms with Gasteiger partial charge in [0.15, 0.2) is 0 Å². The third-order valence-electron chi connectivity index (χ3n) is 6.20. The van der Waals surface area contributed by atoms with Crippen molar-refractivity contribution in [3.8, 4) is 0 Å². The molecule has 2 saturated carbocycles. The molecule has 0 spiro atoms. The predicted octanol–water partition coefficient (Wildman–Crippen LogP) is 3.26. The maximum Gasteiger partial charge on any atom is 0.508 e. The van der Waals surface area contributed by atoms with Crippen LogP contribution in [0.25, 0.3) is 0 Å². The Hall–Kier alpha value is -2.06. The Morgan fingerprint density at radius 1 is 0.600 bits per heavy atom. The molecule has 0 amide bonds. The van der Waals surface area contributed by atoms with Crippen LogP contribution in [-0.2, 0) is 28.4 Å².